The molecule has 0 spiro atoms. The maximum Gasteiger partial charge on any atom is 0.251 e. The molecule has 5 heteroatoms. The van der Waals surface area contributed by atoms with E-state index in [2.05, 4.69) is 15.5 Å². The highest BCUT2D eigenvalue weighted by Gasteiger charge is 2.31. The largest absolute Gasteiger partial charge is 0.353 e. The minimum Gasteiger partial charge on any atom is -0.353 e. The second-order valence-corrected chi connectivity index (χ2v) is 6.48. The first-order valence-electron chi connectivity index (χ1n) is 8.59. The molecule has 1 saturated carbocycles. The number of carbonyl (C=O) groups is 2. The molecule has 0 atom stereocenters. The number of nitrogens with one attached hydrogen (secondary N) is 2. The summed E-state index contributed by atoms with van der Waals surface area (Å²) in [5.74, 6) is -0.0978. The van der Waals surface area contributed by atoms with E-state index in [1.807, 2.05) is 18.2 Å². The van der Waals surface area contributed by atoms with Crippen LogP contribution in [-0.4, -0.2) is 48.4 Å². The highest BCUT2D eigenvalue weighted by Crippen LogP contribution is 2.29. The van der Waals surface area contributed by atoms with E-state index in [0.717, 1.165) is 32.0 Å². The zero-order valence-corrected chi connectivity index (χ0v) is 13.5. The highest BCUT2D eigenvalue weighted by molar-refractivity contribution is 5.94. The Hall–Kier alpha value is -1.88. The Morgan fingerprint density at radius 1 is 1.04 bits per heavy atom. The first kappa shape index (κ1) is 16.0. The third-order valence-corrected chi connectivity index (χ3v) is 4.63. The molecule has 2 N–H and O–H groups in total. The number of hydrogen-bond donors (Lipinski definition) is 2. The van der Waals surface area contributed by atoms with Crippen LogP contribution in [0, 0.1) is 0 Å². The molecule has 1 saturated heterocycles. The molecule has 0 unspecified atom stereocenters. The number of amides is 2. The van der Waals surface area contributed by atoms with E-state index in [-0.39, 0.29) is 11.8 Å². The molecule has 1 aromatic carbocycles. The molecule has 0 aromatic heterocycles. The summed E-state index contributed by atoms with van der Waals surface area (Å²) in [6.07, 6.45) is 5.11. The van der Waals surface area contributed by atoms with Crippen LogP contribution in [0.2, 0.25) is 0 Å². The van der Waals surface area contributed by atoms with Crippen LogP contribution in [0.1, 0.15) is 42.5 Å². The zero-order chi connectivity index (χ0) is 16.1. The molecule has 0 radical (unpaired) electrons. The van der Waals surface area contributed by atoms with Gasteiger partial charge in [0.05, 0.1) is 0 Å². The van der Waals surface area contributed by atoms with Crippen LogP contribution in [0.25, 0.3) is 0 Å². The number of nitrogens with zero attached hydrogens (tertiary/aromatic N) is 1. The predicted molar refractivity (Wildman–Crippen MR) is 89.2 cm³/mol. The third-order valence-electron chi connectivity index (χ3n) is 4.63. The molecule has 0 bridgehead atoms. The SMILES string of the molecule is O=C(CCNC(=O)c1ccccc1)NC1CCN(C2CC2)CC1. The summed E-state index contributed by atoms with van der Waals surface area (Å²) in [5.41, 5.74) is 0.625. The summed E-state index contributed by atoms with van der Waals surface area (Å²) < 4.78 is 0. The molecule has 1 heterocycles. The molecule has 2 fully saturated rings. The minimum absolute atomic E-state index is 0.0308. The third kappa shape index (κ3) is 4.79. The van der Waals surface area contributed by atoms with Crippen molar-refractivity contribution in [1.29, 1.82) is 0 Å². The Labute approximate surface area is 137 Å². The number of rotatable bonds is 6. The van der Waals surface area contributed by atoms with Gasteiger partial charge < -0.3 is 15.5 Å². The van der Waals surface area contributed by atoms with Gasteiger partial charge >= 0.3 is 0 Å². The Kier molecular flexibility index (Phi) is 5.28. The fourth-order valence-electron chi connectivity index (χ4n) is 3.13. The number of benzene rings is 1. The van der Waals surface area contributed by atoms with E-state index in [9.17, 15) is 9.59 Å². The van der Waals surface area contributed by atoms with Gasteiger partial charge in [0.15, 0.2) is 0 Å². The molecular weight excluding hydrogens is 290 g/mol. The van der Waals surface area contributed by atoms with Crippen LogP contribution in [-0.2, 0) is 4.79 Å². The first-order valence-corrected chi connectivity index (χ1v) is 8.59. The second kappa shape index (κ2) is 7.59. The monoisotopic (exact) mass is 315 g/mol. The second-order valence-electron chi connectivity index (χ2n) is 6.48. The van der Waals surface area contributed by atoms with Crippen LogP contribution >= 0.6 is 0 Å². The molecule has 23 heavy (non-hydrogen) atoms. The Bertz CT molecular complexity index is 534. The lowest BCUT2D eigenvalue weighted by atomic mass is 10.0. The lowest BCUT2D eigenvalue weighted by Crippen LogP contribution is -2.45. The van der Waals surface area contributed by atoms with Gasteiger partial charge in [0.2, 0.25) is 5.91 Å². The Morgan fingerprint density at radius 3 is 2.39 bits per heavy atom. The van der Waals surface area contributed by atoms with Crippen LogP contribution in [0.4, 0.5) is 0 Å². The average molecular weight is 315 g/mol. The lowest BCUT2D eigenvalue weighted by molar-refractivity contribution is -0.122. The van der Waals surface area contributed by atoms with Gasteiger partial charge in [0.25, 0.3) is 5.91 Å². The van der Waals surface area contributed by atoms with Crippen molar-refractivity contribution in [2.45, 2.75) is 44.2 Å². The fourth-order valence-corrected chi connectivity index (χ4v) is 3.13. The summed E-state index contributed by atoms with van der Waals surface area (Å²) in [7, 11) is 0. The first-order chi connectivity index (χ1) is 11.2. The van der Waals surface area contributed by atoms with E-state index in [1.165, 1.54) is 12.8 Å². The summed E-state index contributed by atoms with van der Waals surface area (Å²) in [4.78, 5) is 26.4. The van der Waals surface area contributed by atoms with Gasteiger partial charge in [-0.2, -0.15) is 0 Å². The maximum atomic E-state index is 12.0. The molecular formula is C18H25N3O2. The Morgan fingerprint density at radius 2 is 1.74 bits per heavy atom. The van der Waals surface area contributed by atoms with Crippen molar-refractivity contribution in [3.63, 3.8) is 0 Å². The van der Waals surface area contributed by atoms with Crippen LogP contribution < -0.4 is 10.6 Å². The quantitative estimate of drug-likeness (QED) is 0.837. The molecule has 2 amide bonds. The van der Waals surface area contributed by atoms with Crippen molar-refractivity contribution in [3.05, 3.63) is 35.9 Å². The van der Waals surface area contributed by atoms with Crippen LogP contribution in [0.15, 0.2) is 30.3 Å². The molecule has 2 aliphatic rings. The van der Waals surface area contributed by atoms with Crippen LogP contribution in [0.3, 0.4) is 0 Å². The standard InChI is InChI=1S/C18H25N3O2/c22-17(8-11-19-18(23)14-4-2-1-3-5-14)20-15-9-12-21(13-10-15)16-6-7-16/h1-5,15-16H,6-13H2,(H,19,23)(H,20,22). The molecule has 3 rings (SSSR count). The minimum atomic E-state index is -0.129. The van der Waals surface area contributed by atoms with Crippen molar-refractivity contribution >= 4 is 11.8 Å². The smallest absolute Gasteiger partial charge is 0.251 e. The summed E-state index contributed by atoms with van der Waals surface area (Å²) in [6, 6.07) is 10.2. The number of carbonyl (C=O) groups excluding carboxylic acids is 2. The molecule has 1 aliphatic heterocycles. The molecule has 124 valence electrons. The zero-order valence-electron chi connectivity index (χ0n) is 13.5. The van der Waals surface area contributed by atoms with Gasteiger partial charge in [-0.25, -0.2) is 0 Å². The summed E-state index contributed by atoms with van der Waals surface area (Å²) in [6.45, 7) is 2.57. The predicted octanol–water partition coefficient (Wildman–Crippen LogP) is 1.55. The maximum absolute atomic E-state index is 12.0. The normalized spacial score (nSPS) is 19.3. The molecule has 5 nitrogen and oxygen atoms in total. The van der Waals surface area contributed by atoms with Gasteiger partial charge in [-0.3, -0.25) is 9.59 Å². The van der Waals surface area contributed by atoms with Crippen molar-refractivity contribution in [2.24, 2.45) is 0 Å². The van der Waals surface area contributed by atoms with Gasteiger partial charge in [-0.1, -0.05) is 18.2 Å². The van der Waals surface area contributed by atoms with E-state index in [4.69, 9.17) is 0 Å². The molecule has 1 aliphatic carbocycles. The van der Waals surface area contributed by atoms with Crippen molar-refractivity contribution < 1.29 is 9.59 Å². The van der Waals surface area contributed by atoms with Crippen molar-refractivity contribution in [1.82, 2.24) is 15.5 Å². The lowest BCUT2D eigenvalue weighted by Gasteiger charge is -2.32. The van der Waals surface area contributed by atoms with E-state index in [1.54, 1.807) is 12.1 Å². The van der Waals surface area contributed by atoms with E-state index in [0.29, 0.717) is 24.6 Å². The summed E-state index contributed by atoms with van der Waals surface area (Å²) in [5, 5.41) is 5.88. The van der Waals surface area contributed by atoms with Gasteiger partial charge in [-0.15, -0.1) is 0 Å². The average Bonchev–Trinajstić information content (AvgIpc) is 3.41. The molecule has 1 aromatic rings. The van der Waals surface area contributed by atoms with E-state index >= 15 is 0 Å². The van der Waals surface area contributed by atoms with Crippen LogP contribution in [0.5, 0.6) is 0 Å². The summed E-state index contributed by atoms with van der Waals surface area (Å²) >= 11 is 0. The number of likely N-dealkylation sites (tertiary alicyclic amines) is 1. The van der Waals surface area contributed by atoms with Crippen molar-refractivity contribution in [2.75, 3.05) is 19.6 Å². The highest BCUT2D eigenvalue weighted by atomic mass is 16.2. The van der Waals surface area contributed by atoms with E-state index < -0.39 is 0 Å². The topological polar surface area (TPSA) is 61.4 Å². The number of hydrogen-bond acceptors (Lipinski definition) is 3. The van der Waals surface area contributed by atoms with Gasteiger partial charge in [0, 0.05) is 43.7 Å². The Balaban J connectivity index is 1.31. The fraction of sp³-hybridized carbons (Fsp3) is 0.556. The number of piperidine rings is 1. The van der Waals surface area contributed by atoms with Gasteiger partial charge in [-0.05, 0) is 37.8 Å². The van der Waals surface area contributed by atoms with Gasteiger partial charge in [0.1, 0.15) is 0 Å². The van der Waals surface area contributed by atoms with Crippen molar-refractivity contribution in [3.8, 4) is 0 Å².